The Balaban J connectivity index is 3.02. The van der Waals surface area contributed by atoms with Crippen LogP contribution in [0.1, 0.15) is 0 Å². The van der Waals surface area contributed by atoms with E-state index < -0.39 is 0 Å². The van der Waals surface area contributed by atoms with Gasteiger partial charge in [0.25, 0.3) is 0 Å². The molecule has 2 nitrogen and oxygen atoms in total. The van der Waals surface area contributed by atoms with Crippen LogP contribution in [0.2, 0.25) is 0 Å². The average molecular weight is 198 g/mol. The third-order valence-electron chi connectivity index (χ3n) is 0.566. The Bertz CT molecular complexity index is 140. The van der Waals surface area contributed by atoms with Crippen LogP contribution in [-0.4, -0.2) is 32.5 Å². The summed E-state index contributed by atoms with van der Waals surface area (Å²) in [5.41, 5.74) is 0. The van der Waals surface area contributed by atoms with Crippen molar-refractivity contribution in [1.82, 2.24) is 9.97 Å². The van der Waals surface area contributed by atoms with Crippen LogP contribution in [0.5, 0.6) is 0 Å². The molecule has 0 amide bonds. The van der Waals surface area contributed by atoms with Crippen molar-refractivity contribution in [3.8, 4) is 0 Å². The SMILES string of the molecule is [Sn][c]1ncccn1. The Morgan fingerprint density at radius 3 is 2.14 bits per heavy atom. The van der Waals surface area contributed by atoms with Crippen molar-refractivity contribution < 1.29 is 0 Å². The first-order chi connectivity index (χ1) is 3.39. The van der Waals surface area contributed by atoms with E-state index in [4.69, 9.17) is 0 Å². The molecular formula is C4H3N2Sn. The van der Waals surface area contributed by atoms with Crippen molar-refractivity contribution in [1.29, 1.82) is 0 Å². The zero-order valence-electron chi connectivity index (χ0n) is 3.63. The van der Waals surface area contributed by atoms with E-state index in [0.29, 0.717) is 0 Å². The molecule has 0 fully saturated rings. The van der Waals surface area contributed by atoms with E-state index in [0.717, 1.165) is 3.84 Å². The van der Waals surface area contributed by atoms with E-state index in [1.807, 2.05) is 6.07 Å². The molecule has 0 aliphatic carbocycles. The second kappa shape index (κ2) is 2.25. The summed E-state index contributed by atoms with van der Waals surface area (Å²) in [5, 5.41) is 0. The number of aromatic nitrogens is 2. The van der Waals surface area contributed by atoms with Gasteiger partial charge in [-0.15, -0.1) is 0 Å². The van der Waals surface area contributed by atoms with Gasteiger partial charge in [0, 0.05) is 0 Å². The maximum atomic E-state index is 3.91. The summed E-state index contributed by atoms with van der Waals surface area (Å²) < 4.78 is 0.912. The molecular weight excluding hydrogens is 195 g/mol. The second-order valence-electron chi connectivity index (χ2n) is 1.07. The topological polar surface area (TPSA) is 25.8 Å². The summed E-state index contributed by atoms with van der Waals surface area (Å²) >= 11 is 1.27. The van der Waals surface area contributed by atoms with E-state index in [9.17, 15) is 0 Å². The van der Waals surface area contributed by atoms with Gasteiger partial charge in [-0.1, -0.05) is 0 Å². The van der Waals surface area contributed by atoms with Crippen LogP contribution < -0.4 is 3.84 Å². The molecule has 1 heterocycles. The first-order valence-electron chi connectivity index (χ1n) is 1.88. The van der Waals surface area contributed by atoms with Crippen LogP contribution in [0.4, 0.5) is 0 Å². The van der Waals surface area contributed by atoms with E-state index >= 15 is 0 Å². The van der Waals surface area contributed by atoms with Crippen LogP contribution in [0, 0.1) is 0 Å². The third kappa shape index (κ3) is 1.42. The van der Waals surface area contributed by atoms with Crippen LogP contribution in [0.3, 0.4) is 0 Å². The fourth-order valence-electron chi connectivity index (χ4n) is 0.299. The molecule has 0 atom stereocenters. The van der Waals surface area contributed by atoms with Crippen molar-refractivity contribution in [2.45, 2.75) is 0 Å². The summed E-state index contributed by atoms with van der Waals surface area (Å²) in [5.74, 6) is 0. The minimum absolute atomic E-state index is 0.912. The Morgan fingerprint density at radius 1 is 1.29 bits per heavy atom. The predicted octanol–water partition coefficient (Wildman–Crippen LogP) is -0.730. The molecule has 0 unspecified atom stereocenters. The van der Waals surface area contributed by atoms with Crippen molar-refractivity contribution in [3.05, 3.63) is 18.5 Å². The van der Waals surface area contributed by atoms with Crippen LogP contribution in [0.25, 0.3) is 0 Å². The van der Waals surface area contributed by atoms with Gasteiger partial charge in [-0.3, -0.25) is 0 Å². The molecule has 1 aromatic heterocycles. The molecule has 3 heteroatoms. The number of rotatable bonds is 0. The molecule has 3 radical (unpaired) electrons. The normalized spacial score (nSPS) is 8.71. The molecule has 0 aliphatic rings. The maximum absolute atomic E-state index is 3.91. The van der Waals surface area contributed by atoms with Crippen molar-refractivity contribution in [2.75, 3.05) is 0 Å². The zero-order chi connectivity index (χ0) is 5.11. The molecule has 0 N–H and O–H groups in total. The molecule has 0 aromatic carbocycles. The van der Waals surface area contributed by atoms with Crippen molar-refractivity contribution >= 4 is 26.4 Å². The first-order valence-corrected chi connectivity index (χ1v) is 3.31. The quantitative estimate of drug-likeness (QED) is 0.513. The molecule has 0 saturated carbocycles. The van der Waals surface area contributed by atoms with Crippen LogP contribution >= 0.6 is 0 Å². The molecule has 0 aliphatic heterocycles. The minimum atomic E-state index is 0.912. The Labute approximate surface area is 55.1 Å². The van der Waals surface area contributed by atoms with E-state index in [-0.39, 0.29) is 0 Å². The van der Waals surface area contributed by atoms with Gasteiger partial charge in [0.15, 0.2) is 0 Å². The Kier molecular flexibility index (Phi) is 1.62. The van der Waals surface area contributed by atoms with Gasteiger partial charge in [0.05, 0.1) is 0 Å². The van der Waals surface area contributed by atoms with E-state index in [1.165, 1.54) is 22.5 Å². The predicted molar refractivity (Wildman–Crippen MR) is 27.4 cm³/mol. The second-order valence-corrected chi connectivity index (χ2v) is 2.35. The van der Waals surface area contributed by atoms with E-state index in [1.54, 1.807) is 12.4 Å². The van der Waals surface area contributed by atoms with Crippen LogP contribution in [-0.2, 0) is 0 Å². The summed E-state index contributed by atoms with van der Waals surface area (Å²) in [6.45, 7) is 0. The van der Waals surface area contributed by atoms with E-state index in [2.05, 4.69) is 9.97 Å². The third-order valence-corrected chi connectivity index (χ3v) is 1.30. The van der Waals surface area contributed by atoms with Gasteiger partial charge in [-0.25, -0.2) is 0 Å². The van der Waals surface area contributed by atoms with Crippen molar-refractivity contribution in [3.63, 3.8) is 0 Å². The van der Waals surface area contributed by atoms with Gasteiger partial charge in [0.1, 0.15) is 0 Å². The summed E-state index contributed by atoms with van der Waals surface area (Å²) in [7, 11) is 0. The molecule has 7 heavy (non-hydrogen) atoms. The summed E-state index contributed by atoms with van der Waals surface area (Å²) in [4.78, 5) is 7.82. The van der Waals surface area contributed by atoms with Gasteiger partial charge in [-0.2, -0.15) is 0 Å². The average Bonchev–Trinajstić information content (AvgIpc) is 1.69. The monoisotopic (exact) mass is 199 g/mol. The van der Waals surface area contributed by atoms with Gasteiger partial charge < -0.3 is 0 Å². The first kappa shape index (κ1) is 5.02. The fourth-order valence-corrected chi connectivity index (χ4v) is 0.725. The Morgan fingerprint density at radius 2 is 1.86 bits per heavy atom. The van der Waals surface area contributed by atoms with Crippen LogP contribution in [0.15, 0.2) is 18.5 Å². The summed E-state index contributed by atoms with van der Waals surface area (Å²) in [6, 6.07) is 1.81. The van der Waals surface area contributed by atoms with Gasteiger partial charge in [0.2, 0.25) is 0 Å². The molecule has 0 spiro atoms. The molecule has 0 bridgehead atoms. The number of hydrogen-bond donors (Lipinski definition) is 0. The number of nitrogens with zero attached hydrogens (tertiary/aromatic N) is 2. The standard InChI is InChI=1S/C4H3N2.Sn/c1-2-5-4-6-3-1;/h1-3H;. The zero-order valence-corrected chi connectivity index (χ0v) is 6.48. The van der Waals surface area contributed by atoms with Gasteiger partial charge in [-0.05, 0) is 0 Å². The molecule has 33 valence electrons. The molecule has 1 rings (SSSR count). The number of hydrogen-bond acceptors (Lipinski definition) is 2. The fraction of sp³-hybridized carbons (Fsp3) is 0. The molecule has 0 saturated heterocycles. The Hall–Kier alpha value is -0.121. The molecule has 1 aromatic rings. The van der Waals surface area contributed by atoms with Crippen molar-refractivity contribution in [2.24, 2.45) is 0 Å². The van der Waals surface area contributed by atoms with Gasteiger partial charge >= 0.3 is 54.8 Å². The summed E-state index contributed by atoms with van der Waals surface area (Å²) in [6.07, 6.45) is 3.49.